The molecule has 0 radical (unpaired) electrons. The third-order valence-electron chi connectivity index (χ3n) is 2.07. The van der Waals surface area contributed by atoms with Crippen molar-refractivity contribution in [2.75, 3.05) is 27.9 Å². The van der Waals surface area contributed by atoms with E-state index in [1.165, 1.54) is 21.3 Å². The zero-order valence-electron chi connectivity index (χ0n) is 9.12. The van der Waals surface area contributed by atoms with Crippen molar-refractivity contribution in [3.05, 3.63) is 0 Å². The quantitative estimate of drug-likeness (QED) is 0.490. The molecule has 0 aromatic carbocycles. The van der Waals surface area contributed by atoms with Gasteiger partial charge in [0.2, 0.25) is 0 Å². The van der Waals surface area contributed by atoms with Crippen LogP contribution in [0.5, 0.6) is 0 Å². The number of carbonyl (C=O) groups excluding carboxylic acids is 1. The van der Waals surface area contributed by atoms with Crippen LogP contribution in [0.1, 0.15) is 0 Å². The van der Waals surface area contributed by atoms with E-state index in [9.17, 15) is 15.0 Å². The Balaban J connectivity index is 4.43. The summed E-state index contributed by atoms with van der Waals surface area (Å²) < 4.78 is 14.3. The summed E-state index contributed by atoms with van der Waals surface area (Å²) in [6, 6.07) is 0. The van der Waals surface area contributed by atoms with Crippen molar-refractivity contribution < 1.29 is 29.2 Å². The smallest absolute Gasteiger partial charge is 0.151 e. The fourth-order valence-electron chi connectivity index (χ4n) is 1.25. The van der Waals surface area contributed by atoms with Crippen molar-refractivity contribution in [1.82, 2.24) is 0 Å². The molecule has 0 aliphatic carbocycles. The van der Waals surface area contributed by atoms with Gasteiger partial charge in [-0.05, 0) is 0 Å². The minimum Gasteiger partial charge on any atom is -0.388 e. The zero-order chi connectivity index (χ0) is 11.8. The summed E-state index contributed by atoms with van der Waals surface area (Å²) in [4.78, 5) is 10.5. The van der Waals surface area contributed by atoms with E-state index in [1.54, 1.807) is 0 Å². The molecule has 0 aromatic rings. The van der Waals surface area contributed by atoms with E-state index >= 15 is 0 Å². The minimum atomic E-state index is -1.23. The number of hydrogen-bond acceptors (Lipinski definition) is 6. The SMILES string of the molecule is COC[C@@H](O)[C@H](OC)[C@H](O)[C@H](C=O)OC. The number of hydrogen-bond donors (Lipinski definition) is 2. The van der Waals surface area contributed by atoms with Gasteiger partial charge in [0.05, 0.1) is 6.61 Å². The second kappa shape index (κ2) is 7.72. The second-order valence-electron chi connectivity index (χ2n) is 3.05. The van der Waals surface area contributed by atoms with Crippen LogP contribution in [0.15, 0.2) is 0 Å². The summed E-state index contributed by atoms with van der Waals surface area (Å²) in [7, 11) is 4.03. The first-order chi connectivity index (χ1) is 7.12. The van der Waals surface area contributed by atoms with Crippen LogP contribution in [0.25, 0.3) is 0 Å². The van der Waals surface area contributed by atoms with Crippen LogP contribution in [-0.2, 0) is 19.0 Å². The maximum absolute atomic E-state index is 10.5. The standard InChI is InChI=1S/C9H18O6/c1-13-5-6(11)9(15-3)8(12)7(4-10)14-2/h4,6-9,11-12H,5H2,1-3H3/t6-,7+,8-,9+/m1/s1. The van der Waals surface area contributed by atoms with E-state index in [-0.39, 0.29) is 6.61 Å². The van der Waals surface area contributed by atoms with Crippen molar-refractivity contribution in [3.63, 3.8) is 0 Å². The highest BCUT2D eigenvalue weighted by Crippen LogP contribution is 2.10. The maximum atomic E-state index is 10.5. The Bertz CT molecular complexity index is 174. The summed E-state index contributed by atoms with van der Waals surface area (Å²) in [6.45, 7) is 0.00482. The summed E-state index contributed by atoms with van der Waals surface area (Å²) >= 11 is 0. The number of aldehydes is 1. The molecule has 0 saturated heterocycles. The fourth-order valence-corrected chi connectivity index (χ4v) is 1.25. The summed E-state index contributed by atoms with van der Waals surface area (Å²) in [5.41, 5.74) is 0. The Labute approximate surface area is 88.7 Å². The molecule has 0 rings (SSSR count). The Kier molecular flexibility index (Phi) is 7.45. The number of carbonyl (C=O) groups is 1. The average molecular weight is 222 g/mol. The predicted molar refractivity (Wildman–Crippen MR) is 51.5 cm³/mol. The Morgan fingerprint density at radius 1 is 1.20 bits per heavy atom. The fraction of sp³-hybridized carbons (Fsp3) is 0.889. The van der Waals surface area contributed by atoms with Crippen LogP contribution in [0.4, 0.5) is 0 Å². The van der Waals surface area contributed by atoms with Gasteiger partial charge in [0.25, 0.3) is 0 Å². The maximum Gasteiger partial charge on any atom is 0.151 e. The summed E-state index contributed by atoms with van der Waals surface area (Å²) in [5, 5.41) is 19.2. The molecular formula is C9H18O6. The third kappa shape index (κ3) is 4.23. The molecule has 0 bridgehead atoms. The van der Waals surface area contributed by atoms with Crippen LogP contribution in [0.3, 0.4) is 0 Å². The molecule has 0 saturated carbocycles. The lowest BCUT2D eigenvalue weighted by atomic mass is 10.0. The van der Waals surface area contributed by atoms with Gasteiger partial charge in [0, 0.05) is 21.3 Å². The first kappa shape index (κ1) is 14.5. The normalized spacial score (nSPS) is 19.3. The highest BCUT2D eigenvalue weighted by atomic mass is 16.5. The largest absolute Gasteiger partial charge is 0.388 e. The van der Waals surface area contributed by atoms with E-state index in [0.717, 1.165) is 0 Å². The molecule has 0 spiro atoms. The zero-order valence-corrected chi connectivity index (χ0v) is 9.12. The minimum absolute atomic E-state index is 0.00482. The number of aliphatic hydroxyl groups is 2. The molecule has 0 unspecified atom stereocenters. The Hall–Kier alpha value is -0.530. The highest BCUT2D eigenvalue weighted by Gasteiger charge is 2.32. The first-order valence-corrected chi connectivity index (χ1v) is 4.48. The van der Waals surface area contributed by atoms with Gasteiger partial charge in [-0.25, -0.2) is 0 Å². The third-order valence-corrected chi connectivity index (χ3v) is 2.07. The van der Waals surface area contributed by atoms with Crippen LogP contribution in [0.2, 0.25) is 0 Å². The molecule has 0 heterocycles. The molecule has 15 heavy (non-hydrogen) atoms. The van der Waals surface area contributed by atoms with Gasteiger partial charge in [-0.3, -0.25) is 0 Å². The van der Waals surface area contributed by atoms with Gasteiger partial charge in [-0.2, -0.15) is 0 Å². The van der Waals surface area contributed by atoms with Gasteiger partial charge in [-0.15, -0.1) is 0 Å². The first-order valence-electron chi connectivity index (χ1n) is 4.48. The van der Waals surface area contributed by atoms with Crippen molar-refractivity contribution >= 4 is 6.29 Å². The van der Waals surface area contributed by atoms with Gasteiger partial charge in [0.1, 0.15) is 24.4 Å². The monoisotopic (exact) mass is 222 g/mol. The van der Waals surface area contributed by atoms with Crippen molar-refractivity contribution in [3.8, 4) is 0 Å². The summed E-state index contributed by atoms with van der Waals surface area (Å²) in [6.07, 6.45) is -3.76. The summed E-state index contributed by atoms with van der Waals surface area (Å²) in [5.74, 6) is 0. The van der Waals surface area contributed by atoms with Gasteiger partial charge >= 0.3 is 0 Å². The average Bonchev–Trinajstić information content (AvgIpc) is 2.21. The van der Waals surface area contributed by atoms with Crippen LogP contribution in [0, 0.1) is 0 Å². The van der Waals surface area contributed by atoms with E-state index in [1.807, 2.05) is 0 Å². The van der Waals surface area contributed by atoms with Gasteiger partial charge in [-0.1, -0.05) is 0 Å². The molecule has 0 amide bonds. The molecule has 2 N–H and O–H groups in total. The lowest BCUT2D eigenvalue weighted by Gasteiger charge is -2.28. The lowest BCUT2D eigenvalue weighted by molar-refractivity contribution is -0.148. The molecule has 0 aromatic heterocycles. The topological polar surface area (TPSA) is 85.2 Å². The second-order valence-corrected chi connectivity index (χ2v) is 3.05. The highest BCUT2D eigenvalue weighted by molar-refractivity contribution is 5.57. The van der Waals surface area contributed by atoms with E-state index in [4.69, 9.17) is 14.2 Å². The predicted octanol–water partition coefficient (Wildman–Crippen LogP) is -1.42. The number of rotatable bonds is 8. The molecule has 0 aliphatic heterocycles. The Morgan fingerprint density at radius 3 is 2.13 bits per heavy atom. The van der Waals surface area contributed by atoms with Crippen LogP contribution in [-0.4, -0.2) is 68.9 Å². The van der Waals surface area contributed by atoms with E-state index in [0.29, 0.717) is 6.29 Å². The van der Waals surface area contributed by atoms with Gasteiger partial charge < -0.3 is 29.2 Å². The van der Waals surface area contributed by atoms with Crippen molar-refractivity contribution in [2.45, 2.75) is 24.4 Å². The van der Waals surface area contributed by atoms with Crippen LogP contribution >= 0.6 is 0 Å². The number of methoxy groups -OCH3 is 3. The van der Waals surface area contributed by atoms with Crippen molar-refractivity contribution in [2.24, 2.45) is 0 Å². The number of aliphatic hydroxyl groups excluding tert-OH is 2. The number of ether oxygens (including phenoxy) is 3. The van der Waals surface area contributed by atoms with Gasteiger partial charge in [0.15, 0.2) is 6.29 Å². The molecule has 6 nitrogen and oxygen atoms in total. The van der Waals surface area contributed by atoms with Crippen molar-refractivity contribution in [1.29, 1.82) is 0 Å². The molecule has 6 heteroatoms. The molecule has 90 valence electrons. The van der Waals surface area contributed by atoms with E-state index in [2.05, 4.69) is 0 Å². The molecule has 0 fully saturated rings. The molecule has 0 aliphatic rings. The molecular weight excluding hydrogens is 204 g/mol. The van der Waals surface area contributed by atoms with Crippen LogP contribution < -0.4 is 0 Å². The lowest BCUT2D eigenvalue weighted by Crippen LogP contribution is -2.48. The van der Waals surface area contributed by atoms with E-state index < -0.39 is 24.4 Å². The molecule has 4 atom stereocenters. The Morgan fingerprint density at radius 2 is 1.80 bits per heavy atom.